The maximum absolute atomic E-state index is 10.6. The summed E-state index contributed by atoms with van der Waals surface area (Å²) in [5, 5.41) is 8.68. The number of carboxylic acids is 1. The van der Waals surface area contributed by atoms with E-state index in [9.17, 15) is 4.79 Å². The first kappa shape index (κ1) is 13.5. The molecule has 0 fully saturated rings. The lowest BCUT2D eigenvalue weighted by Crippen LogP contribution is -2.00. The van der Waals surface area contributed by atoms with E-state index >= 15 is 0 Å². The van der Waals surface area contributed by atoms with Crippen molar-refractivity contribution in [1.82, 2.24) is 0 Å². The minimum atomic E-state index is -0.894. The Morgan fingerprint density at radius 3 is 2.06 bits per heavy atom. The fourth-order valence-corrected chi connectivity index (χ4v) is 2.09. The van der Waals surface area contributed by atoms with Crippen molar-refractivity contribution in [3.63, 3.8) is 0 Å². The van der Waals surface area contributed by atoms with E-state index in [0.717, 1.165) is 11.8 Å². The molecule has 1 aromatic rings. The van der Waals surface area contributed by atoms with Gasteiger partial charge >= 0.3 is 5.97 Å². The number of carbonyl (C=O) groups is 1. The molecular formula is C11H14O5S. The van der Waals surface area contributed by atoms with Crippen LogP contribution in [0.5, 0.6) is 17.2 Å². The first-order valence-electron chi connectivity index (χ1n) is 4.77. The molecule has 94 valence electrons. The fourth-order valence-electron chi connectivity index (χ4n) is 1.25. The second-order valence-electron chi connectivity index (χ2n) is 3.04. The molecule has 0 unspecified atom stereocenters. The van der Waals surface area contributed by atoms with Crippen molar-refractivity contribution >= 4 is 17.7 Å². The Hall–Kier alpha value is -1.56. The van der Waals surface area contributed by atoms with Crippen LogP contribution < -0.4 is 14.2 Å². The van der Waals surface area contributed by atoms with Gasteiger partial charge in [0.25, 0.3) is 0 Å². The van der Waals surface area contributed by atoms with Gasteiger partial charge in [-0.25, -0.2) is 0 Å². The molecule has 0 heterocycles. The molecule has 0 aliphatic rings. The second-order valence-corrected chi connectivity index (χ2v) is 4.03. The lowest BCUT2D eigenvalue weighted by atomic mass is 10.3. The smallest absolute Gasteiger partial charge is 0.313 e. The molecule has 0 spiro atoms. The van der Waals surface area contributed by atoms with Crippen molar-refractivity contribution in [2.75, 3.05) is 27.1 Å². The van der Waals surface area contributed by atoms with Crippen LogP contribution in [0.15, 0.2) is 17.0 Å². The molecule has 0 saturated heterocycles. The van der Waals surface area contributed by atoms with Crippen LogP contribution in [0.25, 0.3) is 0 Å². The molecule has 0 aliphatic heterocycles. The third-order valence-electron chi connectivity index (χ3n) is 2.01. The van der Waals surface area contributed by atoms with Gasteiger partial charge in [0.15, 0.2) is 0 Å². The summed E-state index contributed by atoms with van der Waals surface area (Å²) >= 11 is 1.15. The minimum Gasteiger partial charge on any atom is -0.496 e. The van der Waals surface area contributed by atoms with Crippen LogP contribution >= 0.6 is 11.8 Å². The molecule has 5 nitrogen and oxygen atoms in total. The van der Waals surface area contributed by atoms with E-state index in [-0.39, 0.29) is 5.75 Å². The first-order chi connectivity index (χ1) is 8.12. The quantitative estimate of drug-likeness (QED) is 0.786. The Labute approximate surface area is 104 Å². The summed E-state index contributed by atoms with van der Waals surface area (Å²) in [6.07, 6.45) is 0. The number of methoxy groups -OCH3 is 3. The van der Waals surface area contributed by atoms with E-state index in [2.05, 4.69) is 0 Å². The maximum Gasteiger partial charge on any atom is 0.313 e. The zero-order chi connectivity index (χ0) is 12.8. The van der Waals surface area contributed by atoms with E-state index in [1.165, 1.54) is 21.3 Å². The molecule has 1 aromatic carbocycles. The Kier molecular flexibility index (Phi) is 4.96. The summed E-state index contributed by atoms with van der Waals surface area (Å²) in [5.74, 6) is 0.715. The Bertz CT molecular complexity index is 380. The molecule has 0 atom stereocenters. The SMILES string of the molecule is COc1cc(OC)c(SCC(=O)O)c(OC)c1. The molecule has 0 aliphatic carbocycles. The van der Waals surface area contributed by atoms with Gasteiger partial charge in [0.2, 0.25) is 0 Å². The molecular weight excluding hydrogens is 244 g/mol. The number of hydrogen-bond donors (Lipinski definition) is 1. The zero-order valence-corrected chi connectivity index (χ0v) is 10.7. The first-order valence-corrected chi connectivity index (χ1v) is 5.75. The summed E-state index contributed by atoms with van der Waals surface area (Å²) in [4.78, 5) is 11.2. The van der Waals surface area contributed by atoms with E-state index in [4.69, 9.17) is 19.3 Å². The molecule has 0 bridgehead atoms. The van der Waals surface area contributed by atoms with E-state index in [1.807, 2.05) is 0 Å². The maximum atomic E-state index is 10.6. The highest BCUT2D eigenvalue weighted by Gasteiger charge is 2.14. The summed E-state index contributed by atoms with van der Waals surface area (Å²) < 4.78 is 15.5. The van der Waals surface area contributed by atoms with Crippen LogP contribution in [0.1, 0.15) is 0 Å². The topological polar surface area (TPSA) is 65.0 Å². The molecule has 0 radical (unpaired) electrons. The van der Waals surface area contributed by atoms with E-state index in [0.29, 0.717) is 22.1 Å². The number of aliphatic carboxylic acids is 1. The van der Waals surface area contributed by atoms with Crippen LogP contribution in [-0.4, -0.2) is 38.2 Å². The molecule has 1 N–H and O–H groups in total. The van der Waals surface area contributed by atoms with Gasteiger partial charge < -0.3 is 19.3 Å². The van der Waals surface area contributed by atoms with Crippen LogP contribution in [0.3, 0.4) is 0 Å². The van der Waals surface area contributed by atoms with Crippen LogP contribution in [-0.2, 0) is 4.79 Å². The number of thioether (sulfide) groups is 1. The molecule has 1 rings (SSSR count). The zero-order valence-electron chi connectivity index (χ0n) is 9.85. The van der Waals surface area contributed by atoms with Crippen molar-refractivity contribution in [3.8, 4) is 17.2 Å². The molecule has 0 amide bonds. The van der Waals surface area contributed by atoms with E-state index < -0.39 is 5.97 Å². The van der Waals surface area contributed by atoms with Gasteiger partial charge in [-0.15, -0.1) is 11.8 Å². The molecule has 17 heavy (non-hydrogen) atoms. The summed E-state index contributed by atoms with van der Waals surface area (Å²) in [6, 6.07) is 3.37. The van der Waals surface area contributed by atoms with Gasteiger partial charge in [-0.2, -0.15) is 0 Å². The van der Waals surface area contributed by atoms with Crippen LogP contribution in [0.2, 0.25) is 0 Å². The van der Waals surface area contributed by atoms with Crippen molar-refractivity contribution in [1.29, 1.82) is 0 Å². The molecule has 0 saturated carbocycles. The number of ether oxygens (including phenoxy) is 3. The molecule has 0 aromatic heterocycles. The van der Waals surface area contributed by atoms with Gasteiger partial charge in [-0.05, 0) is 0 Å². The third kappa shape index (κ3) is 3.45. The average molecular weight is 258 g/mol. The Morgan fingerprint density at radius 2 is 1.71 bits per heavy atom. The average Bonchev–Trinajstić information content (AvgIpc) is 2.34. The Morgan fingerprint density at radius 1 is 1.18 bits per heavy atom. The summed E-state index contributed by atoms with van der Waals surface area (Å²) in [7, 11) is 4.57. The number of benzene rings is 1. The predicted octanol–water partition coefficient (Wildman–Crippen LogP) is 1.89. The van der Waals surface area contributed by atoms with E-state index in [1.54, 1.807) is 12.1 Å². The standard InChI is InChI=1S/C11H14O5S/c1-14-7-4-8(15-2)11(9(5-7)16-3)17-6-10(12)13/h4-5H,6H2,1-3H3,(H,12,13). The van der Waals surface area contributed by atoms with Crippen molar-refractivity contribution < 1.29 is 24.1 Å². The highest BCUT2D eigenvalue weighted by atomic mass is 32.2. The largest absolute Gasteiger partial charge is 0.496 e. The minimum absolute atomic E-state index is 0.0565. The lowest BCUT2D eigenvalue weighted by molar-refractivity contribution is -0.133. The van der Waals surface area contributed by atoms with Gasteiger partial charge in [-0.1, -0.05) is 0 Å². The number of hydrogen-bond acceptors (Lipinski definition) is 5. The summed E-state index contributed by atoms with van der Waals surface area (Å²) in [5.41, 5.74) is 0. The van der Waals surface area contributed by atoms with Crippen molar-refractivity contribution in [2.24, 2.45) is 0 Å². The van der Waals surface area contributed by atoms with Crippen LogP contribution in [0.4, 0.5) is 0 Å². The number of carboxylic acid groups (broad SMARTS) is 1. The Balaban J connectivity index is 3.10. The van der Waals surface area contributed by atoms with Crippen LogP contribution in [0, 0.1) is 0 Å². The molecule has 6 heteroatoms. The van der Waals surface area contributed by atoms with Gasteiger partial charge in [0.1, 0.15) is 17.2 Å². The number of rotatable bonds is 6. The van der Waals surface area contributed by atoms with Crippen molar-refractivity contribution in [3.05, 3.63) is 12.1 Å². The normalized spacial score (nSPS) is 9.82. The lowest BCUT2D eigenvalue weighted by Gasteiger charge is -2.13. The van der Waals surface area contributed by atoms with Gasteiger partial charge in [0, 0.05) is 12.1 Å². The highest BCUT2D eigenvalue weighted by Crippen LogP contribution is 2.41. The second kappa shape index (κ2) is 6.24. The fraction of sp³-hybridized carbons (Fsp3) is 0.364. The van der Waals surface area contributed by atoms with Gasteiger partial charge in [0.05, 0.1) is 32.0 Å². The highest BCUT2D eigenvalue weighted by molar-refractivity contribution is 8.00. The van der Waals surface area contributed by atoms with Crippen molar-refractivity contribution in [2.45, 2.75) is 4.90 Å². The predicted molar refractivity (Wildman–Crippen MR) is 64.5 cm³/mol. The monoisotopic (exact) mass is 258 g/mol. The third-order valence-corrected chi connectivity index (χ3v) is 3.09. The van der Waals surface area contributed by atoms with Gasteiger partial charge in [-0.3, -0.25) is 4.79 Å². The summed E-state index contributed by atoms with van der Waals surface area (Å²) in [6.45, 7) is 0.